The third-order valence-electron chi connectivity index (χ3n) is 4.90. The van der Waals surface area contributed by atoms with Crippen molar-refractivity contribution in [2.24, 2.45) is 0 Å². The molecule has 3 rings (SSSR count). The van der Waals surface area contributed by atoms with Crippen LogP contribution in [0.4, 0.5) is 23.7 Å². The highest BCUT2D eigenvalue weighted by atomic mass is 127. The van der Waals surface area contributed by atoms with Crippen LogP contribution in [-0.2, 0) is 12.6 Å². The molecule has 1 aromatic heterocycles. The molecule has 0 bridgehead atoms. The first-order valence-corrected chi connectivity index (χ1v) is 11.5. The van der Waals surface area contributed by atoms with Crippen LogP contribution in [0.25, 0.3) is 0 Å². The zero-order valence-electron chi connectivity index (χ0n) is 18.4. The number of phenolic OH excluding ortho intramolecular Hbond substituents is 1. The van der Waals surface area contributed by atoms with Crippen molar-refractivity contribution < 1.29 is 32.6 Å². The molecule has 0 saturated heterocycles. The Hall–Kier alpha value is -3.35. The molecule has 0 aliphatic rings. The van der Waals surface area contributed by atoms with Gasteiger partial charge in [0.1, 0.15) is 22.9 Å². The van der Waals surface area contributed by atoms with Gasteiger partial charge in [0.2, 0.25) is 3.79 Å². The molecule has 0 saturated carbocycles. The number of hydrogen-bond acceptors (Lipinski definition) is 5. The first kappa shape index (κ1) is 26.3. The first-order chi connectivity index (χ1) is 16.5. The minimum atomic E-state index is -4.73. The number of aromatic hydroxyl groups is 1. The first-order valence-electron chi connectivity index (χ1n) is 10.4. The van der Waals surface area contributed by atoms with Gasteiger partial charge in [-0.05, 0) is 61.2 Å². The quantitative estimate of drug-likeness (QED) is 0.123. The Labute approximate surface area is 212 Å². The molecule has 0 fully saturated rings. The number of pyridine rings is 1. The molecular formula is C24H21F3IN3O4. The number of carbonyl (C=O) groups is 2. The highest BCUT2D eigenvalue weighted by molar-refractivity contribution is 14.1. The lowest BCUT2D eigenvalue weighted by molar-refractivity contribution is -0.138. The molecule has 0 unspecified atom stereocenters. The Morgan fingerprint density at radius 1 is 1.11 bits per heavy atom. The summed E-state index contributed by atoms with van der Waals surface area (Å²) in [6, 6.07) is 11.0. The van der Waals surface area contributed by atoms with Crippen LogP contribution in [0.5, 0.6) is 17.2 Å². The van der Waals surface area contributed by atoms with Crippen LogP contribution >= 0.6 is 22.6 Å². The maximum atomic E-state index is 12.9. The summed E-state index contributed by atoms with van der Waals surface area (Å²) in [4.78, 5) is 27.5. The van der Waals surface area contributed by atoms with Crippen LogP contribution in [0, 0.1) is 6.92 Å². The molecule has 1 heterocycles. The van der Waals surface area contributed by atoms with Crippen molar-refractivity contribution in [1.29, 1.82) is 0 Å². The number of halogens is 4. The van der Waals surface area contributed by atoms with Gasteiger partial charge in [-0.1, -0.05) is 12.1 Å². The zero-order chi connectivity index (χ0) is 25.6. The molecule has 3 N–H and O–H groups in total. The summed E-state index contributed by atoms with van der Waals surface area (Å²) in [5.74, 6) is 0.202. The van der Waals surface area contributed by atoms with Crippen molar-refractivity contribution in [3.05, 3.63) is 77.1 Å². The summed E-state index contributed by atoms with van der Waals surface area (Å²) in [6.45, 7) is 2.18. The molecule has 0 spiro atoms. The molecule has 11 heteroatoms. The van der Waals surface area contributed by atoms with Crippen LogP contribution in [0.2, 0.25) is 0 Å². The zero-order valence-corrected chi connectivity index (χ0v) is 20.6. The maximum Gasteiger partial charge on any atom is 0.420 e. The predicted octanol–water partition coefficient (Wildman–Crippen LogP) is 6.24. The largest absolute Gasteiger partial charge is 0.507 e. The number of amides is 2. The number of anilines is 1. The van der Waals surface area contributed by atoms with E-state index >= 15 is 0 Å². The lowest BCUT2D eigenvalue weighted by atomic mass is 10.1. The molecular weight excluding hydrogens is 578 g/mol. The van der Waals surface area contributed by atoms with Gasteiger partial charge in [-0.25, -0.2) is 4.79 Å². The number of aromatic nitrogens is 1. The van der Waals surface area contributed by atoms with Crippen LogP contribution in [-0.4, -0.2) is 26.5 Å². The Kier molecular flexibility index (Phi) is 8.54. The number of benzene rings is 2. The minimum Gasteiger partial charge on any atom is -0.507 e. The average Bonchev–Trinajstić information content (AvgIpc) is 2.79. The van der Waals surface area contributed by atoms with E-state index in [9.17, 15) is 27.9 Å². The second-order valence-corrected chi connectivity index (χ2v) is 8.55. The Balaban J connectivity index is 1.52. The normalized spacial score (nSPS) is 11.1. The molecule has 2 aromatic carbocycles. The molecule has 3 aromatic rings. The van der Waals surface area contributed by atoms with Crippen LogP contribution in [0.3, 0.4) is 0 Å². The number of rotatable bonds is 8. The number of phenols is 1. The number of nitrogens with zero attached hydrogens (tertiary/aromatic N) is 1. The van der Waals surface area contributed by atoms with E-state index in [1.807, 2.05) is 25.1 Å². The lowest BCUT2D eigenvalue weighted by Gasteiger charge is -2.13. The number of alkyl halides is 3. The van der Waals surface area contributed by atoms with Gasteiger partial charge < -0.3 is 20.5 Å². The van der Waals surface area contributed by atoms with Gasteiger partial charge in [0.25, 0.3) is 0 Å². The Bertz CT molecular complexity index is 1230. The van der Waals surface area contributed by atoms with Crippen molar-refractivity contribution in [3.63, 3.8) is 0 Å². The summed E-state index contributed by atoms with van der Waals surface area (Å²) < 4.78 is 44.4. The van der Waals surface area contributed by atoms with Crippen molar-refractivity contribution in [2.75, 3.05) is 11.9 Å². The fraction of sp³-hybridized carbons (Fsp3) is 0.208. The molecule has 0 radical (unpaired) electrons. The van der Waals surface area contributed by atoms with E-state index in [4.69, 9.17) is 4.74 Å². The van der Waals surface area contributed by atoms with E-state index in [1.165, 1.54) is 12.3 Å². The number of urea groups is 1. The van der Waals surface area contributed by atoms with Crippen molar-refractivity contribution >= 4 is 38.1 Å². The molecule has 0 aliphatic heterocycles. The van der Waals surface area contributed by atoms with Gasteiger partial charge in [-0.15, -0.1) is 0 Å². The highest BCUT2D eigenvalue weighted by Gasteiger charge is 2.34. The van der Waals surface area contributed by atoms with E-state index < -0.39 is 23.5 Å². The van der Waals surface area contributed by atoms with Crippen molar-refractivity contribution in [1.82, 2.24) is 10.3 Å². The van der Waals surface area contributed by atoms with Gasteiger partial charge in [-0.2, -0.15) is 13.2 Å². The number of hydrogen-bond donors (Lipinski definition) is 3. The topological polar surface area (TPSA) is 101 Å². The van der Waals surface area contributed by atoms with Gasteiger partial charge in [0, 0.05) is 47.1 Å². The second kappa shape index (κ2) is 11.4. The fourth-order valence-corrected chi connectivity index (χ4v) is 3.42. The average molecular weight is 599 g/mol. The molecule has 0 atom stereocenters. The summed E-state index contributed by atoms with van der Waals surface area (Å²) in [5.41, 5.74) is 0.842. The van der Waals surface area contributed by atoms with E-state index in [1.54, 1.807) is 34.7 Å². The Morgan fingerprint density at radius 3 is 2.60 bits per heavy atom. The maximum absolute atomic E-state index is 12.9. The smallest absolute Gasteiger partial charge is 0.420 e. The summed E-state index contributed by atoms with van der Waals surface area (Å²) >= 11 is 1.66. The molecule has 184 valence electrons. The van der Waals surface area contributed by atoms with E-state index in [2.05, 4.69) is 15.6 Å². The Morgan fingerprint density at radius 2 is 1.89 bits per heavy atom. The summed E-state index contributed by atoms with van der Waals surface area (Å²) in [6.07, 6.45) is -2.05. The van der Waals surface area contributed by atoms with E-state index in [0.717, 1.165) is 17.2 Å². The van der Waals surface area contributed by atoms with Crippen LogP contribution in [0.1, 0.15) is 33.6 Å². The number of ether oxygens (including phenoxy) is 1. The number of aryl methyl sites for hydroxylation is 2. The van der Waals surface area contributed by atoms with E-state index in [-0.39, 0.29) is 16.0 Å². The number of carbonyl (C=O) groups excluding carboxylic acids is 2. The molecule has 2 amide bonds. The van der Waals surface area contributed by atoms with Crippen LogP contribution < -0.4 is 15.4 Å². The van der Waals surface area contributed by atoms with Crippen molar-refractivity contribution in [2.45, 2.75) is 25.9 Å². The van der Waals surface area contributed by atoms with E-state index in [0.29, 0.717) is 36.1 Å². The SMILES string of the molecule is Cc1ccc(CCCNC(=O)Nc2ccc(O)c(C(F)(F)F)c2)cc1Oc1ccnc(C(=O)I)c1. The van der Waals surface area contributed by atoms with Crippen LogP contribution in [0.15, 0.2) is 54.7 Å². The number of nitrogens with one attached hydrogen (secondary N) is 2. The highest BCUT2D eigenvalue weighted by Crippen LogP contribution is 2.37. The molecule has 35 heavy (non-hydrogen) atoms. The van der Waals surface area contributed by atoms with Gasteiger partial charge in [0.05, 0.1) is 5.56 Å². The molecule has 0 aliphatic carbocycles. The monoisotopic (exact) mass is 599 g/mol. The third-order valence-corrected chi connectivity index (χ3v) is 5.45. The third kappa shape index (κ3) is 7.57. The molecule has 7 nitrogen and oxygen atoms in total. The second-order valence-electron chi connectivity index (χ2n) is 7.57. The fourth-order valence-electron chi connectivity index (χ4n) is 3.13. The van der Waals surface area contributed by atoms with Gasteiger partial charge in [-0.3, -0.25) is 9.78 Å². The van der Waals surface area contributed by atoms with Crippen molar-refractivity contribution in [3.8, 4) is 17.2 Å². The predicted molar refractivity (Wildman–Crippen MR) is 132 cm³/mol. The van der Waals surface area contributed by atoms with Gasteiger partial charge >= 0.3 is 12.2 Å². The minimum absolute atomic E-state index is 0.0866. The lowest BCUT2D eigenvalue weighted by Crippen LogP contribution is -2.29. The standard InChI is InChI=1S/C24H21F3IN3O4/c1-14-4-5-15(11-21(14)35-17-8-10-29-19(13-17)22(28)33)3-2-9-30-23(34)31-16-6-7-20(32)18(12-16)24(25,26)27/h4-8,10-13,32H,2-3,9H2,1H3,(H2,30,31,34). The van der Waals surface area contributed by atoms with Gasteiger partial charge in [0.15, 0.2) is 0 Å². The summed E-state index contributed by atoms with van der Waals surface area (Å²) in [7, 11) is 0. The summed E-state index contributed by atoms with van der Waals surface area (Å²) in [5, 5.41) is 14.3.